The molecule has 5 rings (SSSR count). The van der Waals surface area contributed by atoms with Gasteiger partial charge in [-0.15, -0.1) is 5.10 Å². The summed E-state index contributed by atoms with van der Waals surface area (Å²) in [5.74, 6) is -0.796. The summed E-state index contributed by atoms with van der Waals surface area (Å²) in [5, 5.41) is 11.7. The molecule has 0 aliphatic rings. The van der Waals surface area contributed by atoms with E-state index in [0.717, 1.165) is 22.3 Å². The van der Waals surface area contributed by atoms with Gasteiger partial charge >= 0.3 is 11.9 Å². The molecule has 1 N–H and O–H groups in total. The summed E-state index contributed by atoms with van der Waals surface area (Å²) < 4.78 is 12.8. The number of carbonyl (C=O) groups is 3. The van der Waals surface area contributed by atoms with Gasteiger partial charge in [0.05, 0.1) is 17.9 Å². The van der Waals surface area contributed by atoms with Crippen LogP contribution >= 0.6 is 0 Å². The van der Waals surface area contributed by atoms with Crippen molar-refractivity contribution in [3.63, 3.8) is 0 Å². The van der Waals surface area contributed by atoms with Crippen molar-refractivity contribution < 1.29 is 23.9 Å². The Kier molecular flexibility index (Phi) is 11.7. The van der Waals surface area contributed by atoms with Gasteiger partial charge in [-0.2, -0.15) is 0 Å². The zero-order valence-electron chi connectivity index (χ0n) is 32.2. The highest BCUT2D eigenvalue weighted by molar-refractivity contribution is 5.96. The van der Waals surface area contributed by atoms with Crippen LogP contribution in [0, 0.1) is 6.92 Å². The molecule has 0 bridgehead atoms. The highest BCUT2D eigenvalue weighted by atomic mass is 16.5. The lowest BCUT2D eigenvalue weighted by Gasteiger charge is -2.26. The van der Waals surface area contributed by atoms with Crippen LogP contribution in [0.4, 0.5) is 0 Å². The van der Waals surface area contributed by atoms with E-state index in [4.69, 9.17) is 9.47 Å². The summed E-state index contributed by atoms with van der Waals surface area (Å²) in [6.45, 7) is 19.0. The van der Waals surface area contributed by atoms with E-state index < -0.39 is 12.0 Å². The highest BCUT2D eigenvalue weighted by Crippen LogP contribution is 2.31. The van der Waals surface area contributed by atoms with Crippen LogP contribution in [0.3, 0.4) is 0 Å². The first-order chi connectivity index (χ1) is 25.0. The smallest absolute Gasteiger partial charge is 0.343 e. The SMILES string of the molecule is Cc1cc(OC(=O)c2ccc(C(=O)NCc3cc(C(C)(C)C)cc(C(C)(C)C)c3)cc2)ccc1-c1cn([C@@H](Cc2ccccc2)C(=O)OC(C)C)nn1. The van der Waals surface area contributed by atoms with E-state index in [1.165, 1.54) is 15.8 Å². The third kappa shape index (κ3) is 10.1. The Morgan fingerprint density at radius 1 is 0.774 bits per heavy atom. The number of nitrogens with zero attached hydrogens (tertiary/aromatic N) is 3. The number of hydrogen-bond acceptors (Lipinski definition) is 7. The lowest BCUT2D eigenvalue weighted by Crippen LogP contribution is -2.26. The van der Waals surface area contributed by atoms with Gasteiger partial charge in [0.15, 0.2) is 6.04 Å². The number of aromatic nitrogens is 3. The molecule has 0 spiro atoms. The molecule has 1 heterocycles. The molecule has 0 unspecified atom stereocenters. The number of carbonyl (C=O) groups excluding carboxylic acids is 3. The van der Waals surface area contributed by atoms with Crippen molar-refractivity contribution in [1.82, 2.24) is 20.3 Å². The van der Waals surface area contributed by atoms with E-state index in [1.54, 1.807) is 48.7 Å². The van der Waals surface area contributed by atoms with E-state index >= 15 is 0 Å². The van der Waals surface area contributed by atoms with E-state index in [2.05, 4.69) is 75.4 Å². The van der Waals surface area contributed by atoms with Crippen LogP contribution in [-0.2, 0) is 33.3 Å². The Morgan fingerprint density at radius 2 is 1.40 bits per heavy atom. The van der Waals surface area contributed by atoms with Gasteiger partial charge in [0.2, 0.25) is 0 Å². The molecule has 53 heavy (non-hydrogen) atoms. The summed E-state index contributed by atoms with van der Waals surface area (Å²) in [6, 6.07) is 27.2. The average molecular weight is 715 g/mol. The number of aryl methyl sites for hydroxylation is 1. The van der Waals surface area contributed by atoms with Crippen LogP contribution in [-0.4, -0.2) is 38.9 Å². The molecule has 0 aliphatic carbocycles. The van der Waals surface area contributed by atoms with Crippen LogP contribution in [0.15, 0.2) is 97.2 Å². The second-order valence-electron chi connectivity index (χ2n) is 15.8. The quantitative estimate of drug-likeness (QED) is 0.108. The molecule has 0 saturated carbocycles. The molecule has 0 radical (unpaired) electrons. The topological polar surface area (TPSA) is 112 Å². The second-order valence-corrected chi connectivity index (χ2v) is 15.8. The zero-order valence-corrected chi connectivity index (χ0v) is 32.2. The van der Waals surface area contributed by atoms with Crippen LogP contribution in [0.1, 0.15) is 110 Å². The molecule has 5 aromatic rings. The van der Waals surface area contributed by atoms with E-state index in [9.17, 15) is 14.4 Å². The Hall–Kier alpha value is -5.57. The van der Waals surface area contributed by atoms with Gasteiger partial charge in [0, 0.05) is 24.1 Å². The molecule has 0 aliphatic heterocycles. The Balaban J connectivity index is 1.23. The molecule has 1 amide bonds. The molecule has 9 heteroatoms. The molecular weight excluding hydrogens is 665 g/mol. The molecule has 276 valence electrons. The molecule has 0 fully saturated rings. The number of benzene rings is 4. The predicted molar refractivity (Wildman–Crippen MR) is 207 cm³/mol. The highest BCUT2D eigenvalue weighted by Gasteiger charge is 2.26. The third-order valence-electron chi connectivity index (χ3n) is 8.97. The first kappa shape index (κ1) is 38.7. The molecule has 0 saturated heterocycles. The molecule has 9 nitrogen and oxygen atoms in total. The zero-order chi connectivity index (χ0) is 38.5. The Labute approximate surface area is 312 Å². The summed E-state index contributed by atoms with van der Waals surface area (Å²) in [5.41, 5.74) is 7.34. The van der Waals surface area contributed by atoms with E-state index in [0.29, 0.717) is 35.5 Å². The largest absolute Gasteiger partial charge is 0.461 e. The van der Waals surface area contributed by atoms with Crippen molar-refractivity contribution in [2.24, 2.45) is 0 Å². The number of esters is 2. The number of hydrogen-bond donors (Lipinski definition) is 1. The number of amides is 1. The summed E-state index contributed by atoms with van der Waals surface area (Å²) >= 11 is 0. The van der Waals surface area contributed by atoms with Crippen LogP contribution in [0.2, 0.25) is 0 Å². The average Bonchev–Trinajstić information content (AvgIpc) is 3.58. The van der Waals surface area contributed by atoms with Gasteiger partial charge in [-0.1, -0.05) is 95.3 Å². The van der Waals surface area contributed by atoms with Crippen molar-refractivity contribution in [3.8, 4) is 17.0 Å². The number of rotatable bonds is 11. The summed E-state index contributed by atoms with van der Waals surface area (Å²) in [4.78, 5) is 39.2. The van der Waals surface area contributed by atoms with Crippen LogP contribution < -0.4 is 10.1 Å². The van der Waals surface area contributed by atoms with Gasteiger partial charge in [-0.3, -0.25) is 4.79 Å². The molecule has 1 atom stereocenters. The Morgan fingerprint density at radius 3 is 1.98 bits per heavy atom. The minimum absolute atomic E-state index is 0.0227. The van der Waals surface area contributed by atoms with Crippen molar-refractivity contribution in [3.05, 3.63) is 136 Å². The van der Waals surface area contributed by atoms with Gasteiger partial charge in [0.1, 0.15) is 11.4 Å². The monoisotopic (exact) mass is 714 g/mol. The van der Waals surface area contributed by atoms with Crippen LogP contribution in [0.25, 0.3) is 11.3 Å². The molecule has 4 aromatic carbocycles. The van der Waals surface area contributed by atoms with Gasteiger partial charge in [0.25, 0.3) is 5.91 Å². The fourth-order valence-electron chi connectivity index (χ4n) is 5.84. The van der Waals surface area contributed by atoms with Crippen LogP contribution in [0.5, 0.6) is 5.75 Å². The van der Waals surface area contributed by atoms with Gasteiger partial charge in [-0.25, -0.2) is 14.3 Å². The van der Waals surface area contributed by atoms with E-state index in [1.807, 2.05) is 51.1 Å². The van der Waals surface area contributed by atoms with Crippen molar-refractivity contribution in [1.29, 1.82) is 0 Å². The lowest BCUT2D eigenvalue weighted by molar-refractivity contribution is -0.151. The maximum Gasteiger partial charge on any atom is 0.343 e. The normalized spacial score (nSPS) is 12.3. The van der Waals surface area contributed by atoms with Crippen molar-refractivity contribution in [2.45, 2.75) is 98.3 Å². The van der Waals surface area contributed by atoms with E-state index in [-0.39, 0.29) is 28.8 Å². The number of nitrogens with one attached hydrogen (secondary N) is 1. The Bertz CT molecular complexity index is 2040. The lowest BCUT2D eigenvalue weighted by atomic mass is 9.79. The third-order valence-corrected chi connectivity index (χ3v) is 8.97. The summed E-state index contributed by atoms with van der Waals surface area (Å²) in [6.07, 6.45) is 1.86. The minimum atomic E-state index is -0.689. The van der Waals surface area contributed by atoms with Gasteiger partial charge in [-0.05, 0) is 102 Å². The first-order valence-corrected chi connectivity index (χ1v) is 18.0. The first-order valence-electron chi connectivity index (χ1n) is 18.0. The maximum atomic E-state index is 13.1. The molecule has 1 aromatic heterocycles. The fourth-order valence-corrected chi connectivity index (χ4v) is 5.84. The standard InChI is InChI=1S/C44H50N4O5/c1-28(2)52-42(51)39(24-30-13-11-10-12-14-30)48-27-38(46-47-48)37-20-19-36(21-29(37)3)53-41(50)33-17-15-32(16-18-33)40(49)45-26-31-22-34(43(4,5)6)25-35(23-31)44(7,8)9/h10-23,25,27-28,39H,24,26H2,1-9H3,(H,45,49)/t39-/m0/s1. The van der Waals surface area contributed by atoms with Crippen molar-refractivity contribution in [2.75, 3.05) is 0 Å². The van der Waals surface area contributed by atoms with Gasteiger partial charge < -0.3 is 14.8 Å². The fraction of sp³-hybridized carbons (Fsp3) is 0.341. The molecular formula is C44H50N4O5. The summed E-state index contributed by atoms with van der Waals surface area (Å²) in [7, 11) is 0. The minimum Gasteiger partial charge on any atom is -0.461 e. The second kappa shape index (κ2) is 16.0. The number of ether oxygens (including phenoxy) is 2. The van der Waals surface area contributed by atoms with Crippen molar-refractivity contribution >= 4 is 17.8 Å². The maximum absolute atomic E-state index is 13.1. The predicted octanol–water partition coefficient (Wildman–Crippen LogP) is 8.73.